The number of nitrogens with one attached hydrogen (secondary N) is 1. The Morgan fingerprint density at radius 1 is 1.43 bits per heavy atom. The van der Waals surface area contributed by atoms with E-state index in [0.717, 1.165) is 5.76 Å². The molecular formula is C16H19FN2O2. The van der Waals surface area contributed by atoms with E-state index in [9.17, 15) is 9.18 Å². The van der Waals surface area contributed by atoms with E-state index in [0.29, 0.717) is 17.8 Å². The molecule has 2 rings (SSSR count). The van der Waals surface area contributed by atoms with Gasteiger partial charge in [0.1, 0.15) is 11.6 Å². The summed E-state index contributed by atoms with van der Waals surface area (Å²) in [6.07, 6.45) is 1.60. The van der Waals surface area contributed by atoms with Crippen molar-refractivity contribution in [2.75, 3.05) is 12.4 Å². The summed E-state index contributed by atoms with van der Waals surface area (Å²) in [5, 5.41) is 2.72. The van der Waals surface area contributed by atoms with Crippen LogP contribution in [0.2, 0.25) is 0 Å². The van der Waals surface area contributed by atoms with Gasteiger partial charge in [0.15, 0.2) is 0 Å². The van der Waals surface area contributed by atoms with Crippen LogP contribution in [0, 0.1) is 12.7 Å². The number of halogens is 1. The van der Waals surface area contributed by atoms with Crippen molar-refractivity contribution < 1.29 is 13.6 Å². The minimum atomic E-state index is -0.362. The second kappa shape index (κ2) is 6.54. The van der Waals surface area contributed by atoms with Crippen LogP contribution in [0.3, 0.4) is 0 Å². The molecule has 112 valence electrons. The summed E-state index contributed by atoms with van der Waals surface area (Å²) in [5.74, 6) is 0.273. The Hall–Kier alpha value is -2.14. The number of amides is 1. The van der Waals surface area contributed by atoms with Gasteiger partial charge in [-0.1, -0.05) is 6.07 Å². The van der Waals surface area contributed by atoms with Crippen LogP contribution in [-0.2, 0) is 11.3 Å². The molecule has 5 heteroatoms. The van der Waals surface area contributed by atoms with E-state index in [1.54, 1.807) is 32.2 Å². The lowest BCUT2D eigenvalue weighted by molar-refractivity contribution is -0.120. The van der Waals surface area contributed by atoms with Crippen molar-refractivity contribution in [1.82, 2.24) is 4.90 Å². The molecule has 0 spiro atoms. The molecule has 0 unspecified atom stereocenters. The van der Waals surface area contributed by atoms with Crippen molar-refractivity contribution in [3.63, 3.8) is 0 Å². The number of furan rings is 1. The molecule has 0 aliphatic rings. The number of carbonyl (C=O) groups is 1. The Morgan fingerprint density at radius 2 is 2.19 bits per heavy atom. The first kappa shape index (κ1) is 15.3. The Kier molecular flexibility index (Phi) is 4.75. The number of rotatable bonds is 5. The van der Waals surface area contributed by atoms with Crippen LogP contribution in [0.4, 0.5) is 10.1 Å². The zero-order chi connectivity index (χ0) is 15.4. The van der Waals surface area contributed by atoms with Gasteiger partial charge in [-0.15, -0.1) is 0 Å². The fraction of sp³-hybridized carbons (Fsp3) is 0.312. The van der Waals surface area contributed by atoms with Crippen LogP contribution >= 0.6 is 0 Å². The second-order valence-electron chi connectivity index (χ2n) is 5.12. The fourth-order valence-corrected chi connectivity index (χ4v) is 1.90. The summed E-state index contributed by atoms with van der Waals surface area (Å²) in [6.45, 7) is 4.01. The van der Waals surface area contributed by atoms with Gasteiger partial charge >= 0.3 is 0 Å². The van der Waals surface area contributed by atoms with Crippen molar-refractivity contribution in [2.45, 2.75) is 26.4 Å². The largest absolute Gasteiger partial charge is 0.468 e. The molecule has 1 aromatic carbocycles. The second-order valence-corrected chi connectivity index (χ2v) is 5.12. The first-order valence-electron chi connectivity index (χ1n) is 6.77. The Labute approximate surface area is 123 Å². The predicted octanol–water partition coefficient (Wildman–Crippen LogP) is 3.19. The van der Waals surface area contributed by atoms with E-state index >= 15 is 0 Å². The van der Waals surface area contributed by atoms with Crippen molar-refractivity contribution >= 4 is 11.6 Å². The van der Waals surface area contributed by atoms with Crippen molar-refractivity contribution in [3.05, 3.63) is 53.7 Å². The summed E-state index contributed by atoms with van der Waals surface area (Å²) >= 11 is 0. The van der Waals surface area contributed by atoms with Gasteiger partial charge in [-0.3, -0.25) is 9.69 Å². The predicted molar refractivity (Wildman–Crippen MR) is 79.4 cm³/mol. The summed E-state index contributed by atoms with van der Waals surface area (Å²) in [6, 6.07) is 7.96. The highest BCUT2D eigenvalue weighted by Crippen LogP contribution is 2.15. The molecule has 0 fully saturated rings. The molecule has 0 aliphatic carbocycles. The maximum atomic E-state index is 13.5. The van der Waals surface area contributed by atoms with Gasteiger partial charge in [0.25, 0.3) is 0 Å². The van der Waals surface area contributed by atoms with E-state index in [4.69, 9.17) is 4.42 Å². The van der Waals surface area contributed by atoms with Gasteiger partial charge in [-0.2, -0.15) is 0 Å². The van der Waals surface area contributed by atoms with Gasteiger partial charge in [0, 0.05) is 5.69 Å². The smallest absolute Gasteiger partial charge is 0.241 e. The van der Waals surface area contributed by atoms with E-state index in [2.05, 4.69) is 5.32 Å². The molecule has 4 nitrogen and oxygen atoms in total. The molecule has 1 amide bonds. The lowest BCUT2D eigenvalue weighted by Crippen LogP contribution is -2.39. The highest BCUT2D eigenvalue weighted by Gasteiger charge is 2.19. The number of anilines is 1. The van der Waals surface area contributed by atoms with Crippen LogP contribution in [0.25, 0.3) is 0 Å². The normalized spacial score (nSPS) is 12.4. The molecule has 0 radical (unpaired) electrons. The molecule has 2 aromatic rings. The first-order valence-corrected chi connectivity index (χ1v) is 6.77. The van der Waals surface area contributed by atoms with Crippen molar-refractivity contribution in [2.24, 2.45) is 0 Å². The highest BCUT2D eigenvalue weighted by molar-refractivity contribution is 5.94. The van der Waals surface area contributed by atoms with Crippen LogP contribution in [0.5, 0.6) is 0 Å². The molecule has 1 N–H and O–H groups in total. The Morgan fingerprint density at radius 3 is 2.81 bits per heavy atom. The molecule has 0 bridgehead atoms. The maximum Gasteiger partial charge on any atom is 0.241 e. The van der Waals surface area contributed by atoms with E-state index in [1.165, 1.54) is 6.07 Å². The fourth-order valence-electron chi connectivity index (χ4n) is 1.90. The maximum absolute atomic E-state index is 13.5. The standard InChI is InChI=1S/C16H19FN2O2/c1-11-6-7-13(9-15(11)17)18-16(20)12(2)19(3)10-14-5-4-8-21-14/h4-9,12H,10H2,1-3H3,(H,18,20)/t12-/m1/s1. The van der Waals surface area contributed by atoms with Crippen molar-refractivity contribution in [1.29, 1.82) is 0 Å². The zero-order valence-electron chi connectivity index (χ0n) is 12.4. The topological polar surface area (TPSA) is 45.5 Å². The van der Waals surface area contributed by atoms with Gasteiger partial charge < -0.3 is 9.73 Å². The molecule has 1 aromatic heterocycles. The summed E-state index contributed by atoms with van der Waals surface area (Å²) < 4.78 is 18.7. The Bertz CT molecular complexity index is 611. The van der Waals surface area contributed by atoms with Gasteiger partial charge in [-0.25, -0.2) is 4.39 Å². The molecule has 1 atom stereocenters. The minimum absolute atomic E-state index is 0.188. The summed E-state index contributed by atoms with van der Waals surface area (Å²) in [5.41, 5.74) is 1.01. The number of nitrogens with zero attached hydrogens (tertiary/aromatic N) is 1. The van der Waals surface area contributed by atoms with E-state index in [-0.39, 0.29) is 17.8 Å². The molecular weight excluding hydrogens is 271 g/mol. The summed E-state index contributed by atoms with van der Waals surface area (Å²) in [4.78, 5) is 14.0. The van der Waals surface area contributed by atoms with Gasteiger partial charge in [-0.05, 0) is 50.7 Å². The average molecular weight is 290 g/mol. The van der Waals surface area contributed by atoms with Gasteiger partial charge in [0.05, 0.1) is 18.8 Å². The first-order chi connectivity index (χ1) is 9.97. The number of likely N-dealkylation sites (N-methyl/N-ethyl adjacent to an activating group) is 1. The molecule has 0 saturated carbocycles. The quantitative estimate of drug-likeness (QED) is 0.920. The number of carbonyl (C=O) groups excluding carboxylic acids is 1. The summed E-state index contributed by atoms with van der Waals surface area (Å²) in [7, 11) is 1.84. The monoisotopic (exact) mass is 290 g/mol. The SMILES string of the molecule is Cc1ccc(NC(=O)[C@@H](C)N(C)Cc2ccco2)cc1F. The number of hydrogen-bond acceptors (Lipinski definition) is 3. The number of aryl methyl sites for hydroxylation is 1. The van der Waals surface area contributed by atoms with E-state index < -0.39 is 0 Å². The highest BCUT2D eigenvalue weighted by atomic mass is 19.1. The molecule has 0 saturated heterocycles. The average Bonchev–Trinajstić information content (AvgIpc) is 2.94. The Balaban J connectivity index is 1.96. The molecule has 1 heterocycles. The van der Waals surface area contributed by atoms with Crippen LogP contribution < -0.4 is 5.32 Å². The molecule has 21 heavy (non-hydrogen) atoms. The minimum Gasteiger partial charge on any atom is -0.468 e. The third-order valence-electron chi connectivity index (χ3n) is 3.47. The van der Waals surface area contributed by atoms with Crippen LogP contribution in [0.1, 0.15) is 18.2 Å². The molecule has 0 aliphatic heterocycles. The van der Waals surface area contributed by atoms with Crippen LogP contribution in [0.15, 0.2) is 41.0 Å². The lowest BCUT2D eigenvalue weighted by Gasteiger charge is -2.22. The third kappa shape index (κ3) is 3.92. The number of benzene rings is 1. The van der Waals surface area contributed by atoms with Gasteiger partial charge in [0.2, 0.25) is 5.91 Å². The third-order valence-corrected chi connectivity index (χ3v) is 3.47. The lowest BCUT2D eigenvalue weighted by atomic mass is 10.2. The zero-order valence-corrected chi connectivity index (χ0v) is 12.4. The van der Waals surface area contributed by atoms with Crippen molar-refractivity contribution in [3.8, 4) is 0 Å². The van der Waals surface area contributed by atoms with E-state index in [1.807, 2.05) is 24.1 Å². The number of hydrogen-bond donors (Lipinski definition) is 1. The van der Waals surface area contributed by atoms with Crippen LogP contribution in [-0.4, -0.2) is 23.9 Å².